The number of nitrogens with one attached hydrogen (secondary N) is 1. The van der Waals surface area contributed by atoms with Crippen molar-refractivity contribution in [3.63, 3.8) is 0 Å². The standard InChI is InChI=1S/C18H16N2O6/c1-24-14-7-11(8-15(25-2)16(14)26-3)17(21)20-13-5-4-10(9-19)6-12(13)18(22)23/h4-8H,1-3H3,(H,20,21)(H,22,23). The average molecular weight is 356 g/mol. The highest BCUT2D eigenvalue weighted by Gasteiger charge is 2.19. The quantitative estimate of drug-likeness (QED) is 0.816. The Morgan fingerprint density at radius 3 is 2.12 bits per heavy atom. The molecule has 0 spiro atoms. The van der Waals surface area contributed by atoms with Gasteiger partial charge in [0.15, 0.2) is 11.5 Å². The van der Waals surface area contributed by atoms with Crippen molar-refractivity contribution in [3.05, 3.63) is 47.0 Å². The van der Waals surface area contributed by atoms with Crippen molar-refractivity contribution >= 4 is 17.6 Å². The molecule has 2 aromatic rings. The molecule has 0 saturated heterocycles. The number of carboxylic acids is 1. The smallest absolute Gasteiger partial charge is 0.337 e. The van der Waals surface area contributed by atoms with E-state index in [2.05, 4.69) is 5.32 Å². The van der Waals surface area contributed by atoms with Crippen LogP contribution in [0.1, 0.15) is 26.3 Å². The van der Waals surface area contributed by atoms with Crippen LogP contribution >= 0.6 is 0 Å². The lowest BCUT2D eigenvalue weighted by molar-refractivity contribution is 0.0698. The van der Waals surface area contributed by atoms with Crippen LogP contribution in [0.3, 0.4) is 0 Å². The van der Waals surface area contributed by atoms with Gasteiger partial charge in [0.25, 0.3) is 5.91 Å². The van der Waals surface area contributed by atoms with Crippen LogP contribution in [0.2, 0.25) is 0 Å². The molecule has 0 bridgehead atoms. The van der Waals surface area contributed by atoms with Crippen LogP contribution in [0.4, 0.5) is 5.69 Å². The van der Waals surface area contributed by atoms with Gasteiger partial charge >= 0.3 is 5.97 Å². The maximum Gasteiger partial charge on any atom is 0.337 e. The van der Waals surface area contributed by atoms with Crippen molar-refractivity contribution in [1.29, 1.82) is 5.26 Å². The second-order valence-corrected chi connectivity index (χ2v) is 5.05. The molecule has 0 radical (unpaired) electrons. The first-order chi connectivity index (χ1) is 12.4. The van der Waals surface area contributed by atoms with E-state index in [0.29, 0.717) is 5.75 Å². The molecule has 8 nitrogen and oxygen atoms in total. The van der Waals surface area contributed by atoms with Crippen molar-refractivity contribution < 1.29 is 28.9 Å². The number of anilines is 1. The molecule has 0 aliphatic heterocycles. The highest BCUT2D eigenvalue weighted by atomic mass is 16.5. The second-order valence-electron chi connectivity index (χ2n) is 5.05. The van der Waals surface area contributed by atoms with Gasteiger partial charge in [0.05, 0.1) is 44.2 Å². The molecule has 0 atom stereocenters. The monoisotopic (exact) mass is 356 g/mol. The van der Waals surface area contributed by atoms with E-state index in [-0.39, 0.29) is 33.9 Å². The van der Waals surface area contributed by atoms with Crippen LogP contribution in [0, 0.1) is 11.3 Å². The van der Waals surface area contributed by atoms with E-state index in [1.807, 2.05) is 6.07 Å². The molecule has 134 valence electrons. The second kappa shape index (κ2) is 7.90. The van der Waals surface area contributed by atoms with Crippen molar-refractivity contribution in [1.82, 2.24) is 0 Å². The summed E-state index contributed by atoms with van der Waals surface area (Å²) in [4.78, 5) is 23.9. The van der Waals surface area contributed by atoms with Gasteiger partial charge < -0.3 is 24.6 Å². The summed E-state index contributed by atoms with van der Waals surface area (Å²) in [5.41, 5.74) is 0.230. The number of rotatable bonds is 6. The van der Waals surface area contributed by atoms with Crippen LogP contribution in [0.25, 0.3) is 0 Å². The van der Waals surface area contributed by atoms with Gasteiger partial charge in [0.2, 0.25) is 5.75 Å². The lowest BCUT2D eigenvalue weighted by atomic mass is 10.1. The maximum atomic E-state index is 12.6. The SMILES string of the molecule is COc1cc(C(=O)Nc2ccc(C#N)cc2C(=O)O)cc(OC)c1OC. The molecule has 1 amide bonds. The van der Waals surface area contributed by atoms with Crippen molar-refractivity contribution in [2.75, 3.05) is 26.6 Å². The lowest BCUT2D eigenvalue weighted by Gasteiger charge is -2.14. The summed E-state index contributed by atoms with van der Waals surface area (Å²) in [6.07, 6.45) is 0. The first kappa shape index (κ1) is 18.6. The number of carboxylic acid groups (broad SMARTS) is 1. The first-order valence-corrected chi connectivity index (χ1v) is 7.34. The number of methoxy groups -OCH3 is 3. The number of nitrogens with zero attached hydrogens (tertiary/aromatic N) is 1. The first-order valence-electron chi connectivity index (χ1n) is 7.34. The molecule has 2 rings (SSSR count). The van der Waals surface area contributed by atoms with E-state index >= 15 is 0 Å². The molecular formula is C18H16N2O6. The highest BCUT2D eigenvalue weighted by molar-refractivity contribution is 6.08. The number of ether oxygens (including phenoxy) is 3. The predicted octanol–water partition coefficient (Wildman–Crippen LogP) is 2.53. The van der Waals surface area contributed by atoms with Crippen molar-refractivity contribution in [3.8, 4) is 23.3 Å². The molecule has 2 N–H and O–H groups in total. The largest absolute Gasteiger partial charge is 0.493 e. The fraction of sp³-hybridized carbons (Fsp3) is 0.167. The fourth-order valence-electron chi connectivity index (χ4n) is 2.31. The Balaban J connectivity index is 2.42. The van der Waals surface area contributed by atoms with E-state index in [9.17, 15) is 14.7 Å². The number of aromatic carboxylic acids is 1. The fourth-order valence-corrected chi connectivity index (χ4v) is 2.31. The Morgan fingerprint density at radius 1 is 1.04 bits per heavy atom. The van der Waals surface area contributed by atoms with Gasteiger partial charge in [-0.15, -0.1) is 0 Å². The maximum absolute atomic E-state index is 12.6. The number of hydrogen-bond donors (Lipinski definition) is 2. The van der Waals surface area contributed by atoms with Gasteiger partial charge in [-0.25, -0.2) is 4.79 Å². The number of carbonyl (C=O) groups is 2. The zero-order valence-corrected chi connectivity index (χ0v) is 14.3. The third-order valence-electron chi connectivity index (χ3n) is 3.55. The topological polar surface area (TPSA) is 118 Å². The predicted molar refractivity (Wildman–Crippen MR) is 92.2 cm³/mol. The molecule has 0 heterocycles. The number of hydrogen-bond acceptors (Lipinski definition) is 6. The number of benzene rings is 2. The summed E-state index contributed by atoms with van der Waals surface area (Å²) in [6, 6.07) is 8.71. The molecule has 0 aliphatic carbocycles. The van der Waals surface area contributed by atoms with Crippen molar-refractivity contribution in [2.45, 2.75) is 0 Å². The Bertz CT molecular complexity index is 876. The minimum Gasteiger partial charge on any atom is -0.493 e. The van der Waals surface area contributed by atoms with Gasteiger partial charge in [-0.2, -0.15) is 5.26 Å². The Kier molecular flexibility index (Phi) is 5.65. The molecule has 2 aromatic carbocycles. The highest BCUT2D eigenvalue weighted by Crippen LogP contribution is 2.38. The molecule has 0 fully saturated rings. The summed E-state index contributed by atoms with van der Waals surface area (Å²) in [6.45, 7) is 0. The normalized spacial score (nSPS) is 9.77. The zero-order valence-electron chi connectivity index (χ0n) is 14.3. The summed E-state index contributed by atoms with van der Waals surface area (Å²) in [5, 5.41) is 20.7. The molecule has 0 aromatic heterocycles. The minimum atomic E-state index is -1.26. The van der Waals surface area contributed by atoms with Crippen LogP contribution in [0.5, 0.6) is 17.2 Å². The van der Waals surface area contributed by atoms with Gasteiger partial charge in [0.1, 0.15) is 0 Å². The third-order valence-corrected chi connectivity index (χ3v) is 3.55. The van der Waals surface area contributed by atoms with Crippen LogP contribution in [0.15, 0.2) is 30.3 Å². The van der Waals surface area contributed by atoms with Gasteiger partial charge in [0, 0.05) is 5.56 Å². The van der Waals surface area contributed by atoms with Gasteiger partial charge in [-0.3, -0.25) is 4.79 Å². The Labute approximate surface area is 149 Å². The molecule has 0 aliphatic rings. The van der Waals surface area contributed by atoms with E-state index in [1.54, 1.807) is 0 Å². The Morgan fingerprint density at radius 2 is 1.65 bits per heavy atom. The number of nitriles is 1. The summed E-state index contributed by atoms with van der Waals surface area (Å²) in [7, 11) is 4.28. The van der Waals surface area contributed by atoms with E-state index in [1.165, 1.54) is 51.7 Å². The molecule has 26 heavy (non-hydrogen) atoms. The molecule has 8 heteroatoms. The van der Waals surface area contributed by atoms with Crippen LogP contribution < -0.4 is 19.5 Å². The molecule has 0 saturated carbocycles. The zero-order chi connectivity index (χ0) is 19.3. The molecule has 0 unspecified atom stereocenters. The number of carbonyl (C=O) groups excluding carboxylic acids is 1. The summed E-state index contributed by atoms with van der Waals surface area (Å²) < 4.78 is 15.6. The summed E-state index contributed by atoms with van der Waals surface area (Å²) in [5.74, 6) is -0.930. The average Bonchev–Trinajstić information content (AvgIpc) is 2.66. The Hall–Kier alpha value is -3.73. The van der Waals surface area contributed by atoms with E-state index in [4.69, 9.17) is 19.5 Å². The van der Waals surface area contributed by atoms with Gasteiger partial charge in [-0.05, 0) is 30.3 Å². The molecular weight excluding hydrogens is 340 g/mol. The minimum absolute atomic E-state index is 0.0650. The third kappa shape index (κ3) is 3.67. The van der Waals surface area contributed by atoms with Gasteiger partial charge in [-0.1, -0.05) is 0 Å². The van der Waals surface area contributed by atoms with Crippen molar-refractivity contribution in [2.24, 2.45) is 0 Å². The van der Waals surface area contributed by atoms with Crippen LogP contribution in [-0.4, -0.2) is 38.3 Å². The van der Waals surface area contributed by atoms with E-state index in [0.717, 1.165) is 0 Å². The van der Waals surface area contributed by atoms with Crippen LogP contribution in [-0.2, 0) is 0 Å². The summed E-state index contributed by atoms with van der Waals surface area (Å²) >= 11 is 0. The lowest BCUT2D eigenvalue weighted by Crippen LogP contribution is -2.15. The van der Waals surface area contributed by atoms with E-state index < -0.39 is 11.9 Å². The number of amides is 1.